The van der Waals surface area contributed by atoms with Crippen LogP contribution in [-0.4, -0.2) is 9.38 Å². The van der Waals surface area contributed by atoms with E-state index in [1.54, 1.807) is 6.07 Å². The molecule has 0 radical (unpaired) electrons. The molecule has 0 aliphatic heterocycles. The Morgan fingerprint density at radius 3 is 1.12 bits per heavy atom. The number of para-hydroxylation sites is 2. The molecule has 0 amide bonds. The van der Waals surface area contributed by atoms with E-state index in [1.807, 2.05) is 46.9 Å². The highest BCUT2D eigenvalue weighted by Gasteiger charge is 2.29. The predicted octanol–water partition coefficient (Wildman–Crippen LogP) is 15.2. The van der Waals surface area contributed by atoms with Crippen LogP contribution in [0.2, 0.25) is 0 Å². The van der Waals surface area contributed by atoms with Gasteiger partial charge in [-0.1, -0.05) is 194 Å². The maximum atomic E-state index is 8.66. The molecule has 0 N–H and O–H groups in total. The first-order valence-electron chi connectivity index (χ1n) is 21.4. The van der Waals surface area contributed by atoms with Gasteiger partial charge in [-0.15, -0.1) is 0 Å². The van der Waals surface area contributed by atoms with Crippen molar-refractivity contribution in [3.8, 4) is 77.9 Å². The summed E-state index contributed by atoms with van der Waals surface area (Å²) < 4.78 is 34.5. The van der Waals surface area contributed by atoms with Crippen molar-refractivity contribution in [2.24, 2.45) is 0 Å². The molecular formula is C56H38N2O. The summed E-state index contributed by atoms with van der Waals surface area (Å²) in [5, 5.41) is 0. The van der Waals surface area contributed by atoms with E-state index < -0.39 is 6.85 Å². The lowest BCUT2D eigenvalue weighted by Gasteiger charge is -2.29. The minimum atomic E-state index is -2.40. The molecule has 0 bridgehead atoms. The lowest BCUT2D eigenvalue weighted by Crippen LogP contribution is -2.02. The number of aromatic nitrogens is 2. The van der Waals surface area contributed by atoms with Gasteiger partial charge in [-0.3, -0.25) is 4.40 Å². The molecule has 0 atom stereocenters. The number of hydrogen-bond donors (Lipinski definition) is 0. The molecule has 3 heteroatoms. The summed E-state index contributed by atoms with van der Waals surface area (Å²) in [5.74, 6) is 0.419. The van der Waals surface area contributed by atoms with Gasteiger partial charge >= 0.3 is 5.84 Å². The number of benzene rings is 9. The van der Waals surface area contributed by atoms with Gasteiger partial charge in [0.2, 0.25) is 0 Å². The number of hydrogen-bond acceptors (Lipinski definition) is 2. The third kappa shape index (κ3) is 5.78. The van der Waals surface area contributed by atoms with Crippen molar-refractivity contribution < 1.29 is 8.53 Å². The standard InChI is InChI=1S/C56H38N2O/c1-37-31-36-47-55(59-56-57-45-29-17-18-30-46(45)58(47)56)48(37)43-32-34-44(35-33-43)54-52(41-25-13-5-14-26-41)50(39-21-9-3-10-22-39)49(38-19-7-2-8-20-38)51(40-23-11-4-12-24-40)53(54)42-27-15-6-16-28-42/h2-36H,1H3/i1D3. The van der Waals surface area contributed by atoms with Crippen LogP contribution in [0.15, 0.2) is 217 Å². The maximum Gasteiger partial charge on any atom is 0.307 e. The summed E-state index contributed by atoms with van der Waals surface area (Å²) in [6.45, 7) is -2.40. The molecule has 9 aromatic carbocycles. The average Bonchev–Trinajstić information content (AvgIpc) is 3.88. The second-order valence-electron chi connectivity index (χ2n) is 14.8. The smallest absolute Gasteiger partial charge is 0.307 e. The van der Waals surface area contributed by atoms with Crippen LogP contribution in [-0.2, 0) is 0 Å². The van der Waals surface area contributed by atoms with Crippen molar-refractivity contribution in [2.45, 2.75) is 6.85 Å². The summed E-state index contributed by atoms with van der Waals surface area (Å²) in [4.78, 5) is 4.76. The Kier molecular flexibility index (Phi) is 7.61. The summed E-state index contributed by atoms with van der Waals surface area (Å²) in [6, 6.07) is 73.2. The van der Waals surface area contributed by atoms with E-state index in [0.29, 0.717) is 17.0 Å². The van der Waals surface area contributed by atoms with Crippen LogP contribution in [0.25, 0.3) is 106 Å². The number of rotatable bonds is 7. The zero-order chi connectivity index (χ0) is 41.8. The Balaban J connectivity index is 1.27. The molecule has 0 fully saturated rings. The van der Waals surface area contributed by atoms with Crippen LogP contribution in [0.3, 0.4) is 0 Å². The van der Waals surface area contributed by atoms with Gasteiger partial charge in [0.1, 0.15) is 0 Å². The molecule has 59 heavy (non-hydrogen) atoms. The Bertz CT molecular complexity index is 3290. The molecule has 0 spiro atoms. The van der Waals surface area contributed by atoms with Gasteiger partial charge in [0.05, 0.1) is 16.6 Å². The van der Waals surface area contributed by atoms with Gasteiger partial charge in [0.25, 0.3) is 0 Å². The SMILES string of the molecule is [2H]C([2H])([2H])c1ccc2c(oc3nc4ccccc4n32)c1-c1ccc(-c2c(-c3ccccc3)c(-c3ccccc3)c(-c3ccccc3)c(-c3ccccc3)c2-c2ccccc2)cc1. The van der Waals surface area contributed by atoms with Gasteiger partial charge in [-0.2, -0.15) is 4.98 Å². The predicted molar refractivity (Wildman–Crippen MR) is 245 cm³/mol. The topological polar surface area (TPSA) is 30.4 Å². The van der Waals surface area contributed by atoms with E-state index >= 15 is 0 Å². The van der Waals surface area contributed by atoms with Gasteiger partial charge in [0, 0.05) is 9.68 Å². The third-order valence-corrected chi connectivity index (χ3v) is 11.4. The molecule has 3 nitrogen and oxygen atoms in total. The van der Waals surface area contributed by atoms with Crippen molar-refractivity contribution in [3.63, 3.8) is 0 Å². The molecule has 0 aliphatic rings. The molecule has 278 valence electrons. The van der Waals surface area contributed by atoms with Gasteiger partial charge in [0.15, 0.2) is 5.58 Å². The zero-order valence-electron chi connectivity index (χ0n) is 35.0. The van der Waals surface area contributed by atoms with E-state index in [0.717, 1.165) is 88.9 Å². The summed E-state index contributed by atoms with van der Waals surface area (Å²) in [5.41, 5.74) is 17.6. The van der Waals surface area contributed by atoms with Crippen LogP contribution in [0, 0.1) is 6.85 Å². The average molecular weight is 758 g/mol. The fraction of sp³-hybridized carbons (Fsp3) is 0.0179. The number of aryl methyl sites for hydroxylation is 1. The van der Waals surface area contributed by atoms with Crippen LogP contribution in [0.1, 0.15) is 9.68 Å². The maximum absolute atomic E-state index is 8.66. The third-order valence-electron chi connectivity index (χ3n) is 11.4. The van der Waals surface area contributed by atoms with E-state index in [1.165, 1.54) is 0 Å². The highest BCUT2D eigenvalue weighted by Crippen LogP contribution is 2.56. The lowest BCUT2D eigenvalue weighted by atomic mass is 9.74. The minimum Gasteiger partial charge on any atom is -0.422 e. The summed E-state index contributed by atoms with van der Waals surface area (Å²) >= 11 is 0. The largest absolute Gasteiger partial charge is 0.422 e. The molecule has 0 saturated heterocycles. The Hall–Kier alpha value is -7.75. The molecule has 11 rings (SSSR count). The van der Waals surface area contributed by atoms with Crippen molar-refractivity contribution in [1.29, 1.82) is 0 Å². The van der Waals surface area contributed by atoms with Crippen LogP contribution in [0.4, 0.5) is 0 Å². The Labute approximate surface area is 347 Å². The van der Waals surface area contributed by atoms with E-state index in [9.17, 15) is 0 Å². The molecule has 0 saturated carbocycles. The fourth-order valence-electron chi connectivity index (χ4n) is 8.84. The zero-order valence-corrected chi connectivity index (χ0v) is 32.0. The van der Waals surface area contributed by atoms with Crippen LogP contribution in [0.5, 0.6) is 0 Å². The monoisotopic (exact) mass is 757 g/mol. The quantitative estimate of drug-likeness (QED) is 0.162. The van der Waals surface area contributed by atoms with Crippen molar-refractivity contribution in [1.82, 2.24) is 9.38 Å². The number of imidazole rings is 1. The van der Waals surface area contributed by atoms with Crippen molar-refractivity contribution >= 4 is 28.0 Å². The van der Waals surface area contributed by atoms with E-state index in [4.69, 9.17) is 13.5 Å². The van der Waals surface area contributed by atoms with Crippen molar-refractivity contribution in [2.75, 3.05) is 0 Å². The van der Waals surface area contributed by atoms with Crippen LogP contribution < -0.4 is 0 Å². The Morgan fingerprint density at radius 2 is 0.712 bits per heavy atom. The summed E-state index contributed by atoms with van der Waals surface area (Å²) in [7, 11) is 0. The highest BCUT2D eigenvalue weighted by atomic mass is 16.4. The first-order valence-corrected chi connectivity index (χ1v) is 19.9. The molecule has 11 aromatic rings. The fourth-order valence-corrected chi connectivity index (χ4v) is 8.84. The number of oxazole rings is 1. The summed E-state index contributed by atoms with van der Waals surface area (Å²) in [6.07, 6.45) is 0. The second-order valence-corrected chi connectivity index (χ2v) is 14.8. The van der Waals surface area contributed by atoms with Crippen LogP contribution >= 0.6 is 0 Å². The first kappa shape index (κ1) is 31.3. The molecule has 2 heterocycles. The highest BCUT2D eigenvalue weighted by molar-refractivity contribution is 6.15. The van der Waals surface area contributed by atoms with E-state index in [-0.39, 0.29) is 5.56 Å². The van der Waals surface area contributed by atoms with Gasteiger partial charge in [-0.05, 0) is 103 Å². The second kappa shape index (κ2) is 14.3. The van der Waals surface area contributed by atoms with E-state index in [2.05, 4.69) is 164 Å². The number of nitrogens with zero attached hydrogens (tertiary/aromatic N) is 2. The minimum absolute atomic E-state index is 0.221. The number of fused-ring (bicyclic) bond motifs is 5. The first-order chi connectivity index (χ1) is 30.4. The lowest BCUT2D eigenvalue weighted by molar-refractivity contribution is 0.644. The van der Waals surface area contributed by atoms with Crippen molar-refractivity contribution in [3.05, 3.63) is 218 Å². The van der Waals surface area contributed by atoms with Gasteiger partial charge < -0.3 is 4.42 Å². The molecule has 0 aliphatic carbocycles. The molecule has 0 unspecified atom stereocenters. The molecular weight excluding hydrogens is 717 g/mol. The Morgan fingerprint density at radius 1 is 0.356 bits per heavy atom. The normalized spacial score (nSPS) is 12.4. The molecule has 2 aromatic heterocycles. The van der Waals surface area contributed by atoms with Gasteiger partial charge in [-0.25, -0.2) is 0 Å².